The van der Waals surface area contributed by atoms with Crippen LogP contribution in [0.15, 0.2) is 97.2 Å². The van der Waals surface area contributed by atoms with Crippen molar-refractivity contribution >= 4 is 16.7 Å². The van der Waals surface area contributed by atoms with E-state index in [1.807, 2.05) is 60.7 Å². The molecule has 0 amide bonds. The van der Waals surface area contributed by atoms with Crippen molar-refractivity contribution < 1.29 is 4.79 Å². The average molecular weight is 325 g/mol. The number of carbonyl (C=O) groups excluding carboxylic acids is 1. The lowest BCUT2D eigenvalue weighted by atomic mass is 9.97. The highest BCUT2D eigenvalue weighted by atomic mass is 16.1. The zero-order valence-electron chi connectivity index (χ0n) is 13.9. The van der Waals surface area contributed by atoms with Crippen LogP contribution in [0.2, 0.25) is 0 Å². The molecule has 0 spiro atoms. The highest BCUT2D eigenvalue weighted by Crippen LogP contribution is 2.29. The van der Waals surface area contributed by atoms with Gasteiger partial charge in [-0.15, -0.1) is 0 Å². The summed E-state index contributed by atoms with van der Waals surface area (Å²) >= 11 is 0. The van der Waals surface area contributed by atoms with Crippen LogP contribution in [0.1, 0.15) is 28.4 Å². The van der Waals surface area contributed by atoms with Crippen LogP contribution in [0.25, 0.3) is 10.9 Å². The van der Waals surface area contributed by atoms with Crippen molar-refractivity contribution in [2.24, 2.45) is 0 Å². The zero-order valence-corrected chi connectivity index (χ0v) is 13.9. The quantitative estimate of drug-likeness (QED) is 0.444. The van der Waals surface area contributed by atoms with Crippen LogP contribution in [0, 0.1) is 0 Å². The van der Waals surface area contributed by atoms with E-state index in [9.17, 15) is 4.79 Å². The molecular formula is C23H19NO. The summed E-state index contributed by atoms with van der Waals surface area (Å²) in [5.74, 6) is 0.159. The first-order chi connectivity index (χ1) is 12.3. The maximum Gasteiger partial charge on any atom is 0.165 e. The van der Waals surface area contributed by atoms with Gasteiger partial charge in [-0.05, 0) is 23.1 Å². The fourth-order valence-corrected chi connectivity index (χ4v) is 3.35. The van der Waals surface area contributed by atoms with Crippen LogP contribution in [-0.4, -0.2) is 10.4 Å². The third kappa shape index (κ3) is 3.11. The molecule has 0 saturated carbocycles. The Hall–Kier alpha value is -3.13. The number of ketones is 1. The molecule has 0 saturated heterocycles. The minimum atomic E-state index is -0.0196. The summed E-state index contributed by atoms with van der Waals surface area (Å²) in [6.45, 7) is 0. The molecule has 0 aliphatic heterocycles. The monoisotopic (exact) mass is 325 g/mol. The van der Waals surface area contributed by atoms with E-state index in [1.54, 1.807) is 0 Å². The summed E-state index contributed by atoms with van der Waals surface area (Å²) in [5, 5.41) is 1.19. The molecule has 2 nitrogen and oxygen atoms in total. The molecule has 25 heavy (non-hydrogen) atoms. The van der Waals surface area contributed by atoms with Gasteiger partial charge in [0, 0.05) is 23.7 Å². The Morgan fingerprint density at radius 3 is 2.16 bits per heavy atom. The molecule has 0 radical (unpaired) electrons. The number of hydrogen-bond acceptors (Lipinski definition) is 1. The van der Waals surface area contributed by atoms with Gasteiger partial charge in [0.25, 0.3) is 0 Å². The molecular weight excluding hydrogens is 306 g/mol. The van der Waals surface area contributed by atoms with Gasteiger partial charge in [0.1, 0.15) is 0 Å². The molecule has 122 valence electrons. The van der Waals surface area contributed by atoms with Gasteiger partial charge in [0.15, 0.2) is 5.78 Å². The molecule has 4 rings (SSSR count). The third-order valence-electron chi connectivity index (χ3n) is 4.62. The van der Waals surface area contributed by atoms with Gasteiger partial charge in [0.05, 0.1) is 6.04 Å². The average Bonchev–Trinajstić information content (AvgIpc) is 3.11. The van der Waals surface area contributed by atoms with Crippen molar-refractivity contribution in [1.29, 1.82) is 0 Å². The van der Waals surface area contributed by atoms with E-state index in [1.165, 1.54) is 5.39 Å². The number of fused-ring (bicyclic) bond motifs is 1. The standard InChI is InChI=1S/C23H19NO/c25-23(20-12-5-2-6-13-20)17-22(18-9-3-1-4-10-18)24-16-15-19-11-7-8-14-21(19)24/h1-16,22H,17H2/t22-/m0/s1. The van der Waals surface area contributed by atoms with Gasteiger partial charge in [-0.3, -0.25) is 4.79 Å². The minimum absolute atomic E-state index is 0.0196. The number of aromatic nitrogens is 1. The lowest BCUT2D eigenvalue weighted by Crippen LogP contribution is -2.15. The van der Waals surface area contributed by atoms with E-state index in [2.05, 4.69) is 41.1 Å². The molecule has 2 heteroatoms. The summed E-state index contributed by atoms with van der Waals surface area (Å²) in [6.07, 6.45) is 2.52. The fourth-order valence-electron chi connectivity index (χ4n) is 3.35. The number of carbonyl (C=O) groups is 1. The predicted molar refractivity (Wildman–Crippen MR) is 102 cm³/mol. The summed E-state index contributed by atoms with van der Waals surface area (Å²) in [6, 6.07) is 30.2. The fraction of sp³-hybridized carbons (Fsp3) is 0.0870. The molecule has 1 heterocycles. The van der Waals surface area contributed by atoms with Crippen LogP contribution in [0.3, 0.4) is 0 Å². The second-order valence-corrected chi connectivity index (χ2v) is 6.20. The highest BCUT2D eigenvalue weighted by molar-refractivity contribution is 5.96. The van der Waals surface area contributed by atoms with E-state index in [0.717, 1.165) is 16.6 Å². The number of hydrogen-bond donors (Lipinski definition) is 0. The Balaban J connectivity index is 1.76. The Morgan fingerprint density at radius 2 is 1.40 bits per heavy atom. The molecule has 0 N–H and O–H groups in total. The van der Waals surface area contributed by atoms with Crippen LogP contribution in [0.4, 0.5) is 0 Å². The summed E-state index contributed by atoms with van der Waals surface area (Å²) in [5.41, 5.74) is 3.06. The summed E-state index contributed by atoms with van der Waals surface area (Å²) < 4.78 is 2.21. The van der Waals surface area contributed by atoms with Gasteiger partial charge >= 0.3 is 0 Å². The van der Waals surface area contributed by atoms with Crippen molar-refractivity contribution in [3.05, 3.63) is 108 Å². The van der Waals surface area contributed by atoms with E-state index < -0.39 is 0 Å². The van der Waals surface area contributed by atoms with Gasteiger partial charge < -0.3 is 4.57 Å². The SMILES string of the molecule is O=C(C[C@@H](c1ccccc1)n1ccc2ccccc21)c1ccccc1. The first-order valence-corrected chi connectivity index (χ1v) is 8.52. The Bertz CT molecular complexity index is 986. The summed E-state index contributed by atoms with van der Waals surface area (Å²) in [4.78, 5) is 12.8. The number of benzene rings is 3. The smallest absolute Gasteiger partial charge is 0.165 e. The topological polar surface area (TPSA) is 22.0 Å². The van der Waals surface area contributed by atoms with E-state index in [-0.39, 0.29) is 11.8 Å². The van der Waals surface area contributed by atoms with Gasteiger partial charge in [-0.1, -0.05) is 78.9 Å². The molecule has 0 aliphatic rings. The summed E-state index contributed by atoms with van der Waals surface area (Å²) in [7, 11) is 0. The number of nitrogens with zero attached hydrogens (tertiary/aromatic N) is 1. The van der Waals surface area contributed by atoms with Crippen molar-refractivity contribution in [2.45, 2.75) is 12.5 Å². The normalized spacial score (nSPS) is 12.2. The van der Waals surface area contributed by atoms with E-state index >= 15 is 0 Å². The lowest BCUT2D eigenvalue weighted by molar-refractivity contribution is 0.0970. The van der Waals surface area contributed by atoms with Crippen LogP contribution in [0.5, 0.6) is 0 Å². The van der Waals surface area contributed by atoms with E-state index in [4.69, 9.17) is 0 Å². The molecule has 1 atom stereocenters. The second kappa shape index (κ2) is 6.78. The van der Waals surface area contributed by atoms with Crippen LogP contribution in [-0.2, 0) is 0 Å². The lowest BCUT2D eigenvalue weighted by Gasteiger charge is -2.20. The Kier molecular flexibility index (Phi) is 4.17. The van der Waals surface area contributed by atoms with Crippen molar-refractivity contribution in [2.75, 3.05) is 0 Å². The molecule has 0 bridgehead atoms. The third-order valence-corrected chi connectivity index (χ3v) is 4.62. The Labute approximate surface area is 147 Å². The van der Waals surface area contributed by atoms with Gasteiger partial charge in [-0.25, -0.2) is 0 Å². The first-order valence-electron chi connectivity index (χ1n) is 8.52. The maximum absolute atomic E-state index is 12.8. The molecule has 0 unspecified atom stereocenters. The van der Waals surface area contributed by atoms with Crippen LogP contribution < -0.4 is 0 Å². The molecule has 0 fully saturated rings. The molecule has 3 aromatic carbocycles. The predicted octanol–water partition coefficient (Wildman–Crippen LogP) is 5.50. The largest absolute Gasteiger partial charge is 0.340 e. The molecule has 1 aromatic heterocycles. The Morgan fingerprint density at radius 1 is 0.760 bits per heavy atom. The second-order valence-electron chi connectivity index (χ2n) is 6.20. The molecule has 0 aliphatic carbocycles. The maximum atomic E-state index is 12.8. The van der Waals surface area contributed by atoms with E-state index in [0.29, 0.717) is 6.42 Å². The van der Waals surface area contributed by atoms with Gasteiger partial charge in [0.2, 0.25) is 0 Å². The van der Waals surface area contributed by atoms with Crippen molar-refractivity contribution in [1.82, 2.24) is 4.57 Å². The van der Waals surface area contributed by atoms with Crippen molar-refractivity contribution in [3.8, 4) is 0 Å². The number of rotatable bonds is 5. The number of Topliss-reactive ketones (excluding diaryl/α,β-unsaturated/α-hetero) is 1. The zero-order chi connectivity index (χ0) is 17.1. The van der Waals surface area contributed by atoms with Gasteiger partial charge in [-0.2, -0.15) is 0 Å². The first kappa shape index (κ1) is 15.4. The van der Waals surface area contributed by atoms with Crippen LogP contribution >= 0.6 is 0 Å². The number of para-hydroxylation sites is 1. The van der Waals surface area contributed by atoms with Crippen molar-refractivity contribution in [3.63, 3.8) is 0 Å². The highest BCUT2D eigenvalue weighted by Gasteiger charge is 2.20. The molecule has 4 aromatic rings. The minimum Gasteiger partial charge on any atom is -0.340 e.